The Morgan fingerprint density at radius 2 is 1.86 bits per heavy atom. The fraction of sp³-hybridized carbons (Fsp3) is 0.560. The number of nitrogens with zero attached hydrogens (tertiary/aromatic N) is 4. The van der Waals surface area contributed by atoms with Crippen LogP contribution in [0.4, 0.5) is 13.2 Å². The smallest absolute Gasteiger partial charge is 0.381 e. The Balaban J connectivity index is 1.40. The lowest BCUT2D eigenvalue weighted by Crippen LogP contribution is -2.49. The predicted octanol–water partition coefficient (Wildman–Crippen LogP) is 3.64. The van der Waals surface area contributed by atoms with Gasteiger partial charge in [0.2, 0.25) is 0 Å². The number of ether oxygens (including phenoxy) is 1. The highest BCUT2D eigenvalue weighted by molar-refractivity contribution is 6.07. The summed E-state index contributed by atoms with van der Waals surface area (Å²) in [5.41, 5.74) is 2.48. The highest BCUT2D eigenvalue weighted by Gasteiger charge is 2.28. The van der Waals surface area contributed by atoms with E-state index in [4.69, 9.17) is 4.74 Å². The molecule has 2 fully saturated rings. The minimum atomic E-state index is -4.14. The van der Waals surface area contributed by atoms with Crippen LogP contribution in [0.2, 0.25) is 0 Å². The average molecular weight is 506 g/mol. The van der Waals surface area contributed by atoms with Gasteiger partial charge in [0.15, 0.2) is 0 Å². The number of fused-ring (bicyclic) bond motifs is 3. The summed E-state index contributed by atoms with van der Waals surface area (Å²) in [5, 5.41) is 5.80. The van der Waals surface area contributed by atoms with Crippen molar-refractivity contribution in [3.63, 3.8) is 0 Å². The number of nitrogens with one attached hydrogen (secondary N) is 1. The molecule has 2 aliphatic rings. The van der Waals surface area contributed by atoms with Gasteiger partial charge in [-0.1, -0.05) is 0 Å². The van der Waals surface area contributed by atoms with Crippen LogP contribution in [0.25, 0.3) is 21.8 Å². The number of amides is 1. The van der Waals surface area contributed by atoms with Crippen molar-refractivity contribution in [2.45, 2.75) is 44.8 Å². The maximum Gasteiger partial charge on any atom is 0.389 e. The lowest BCUT2D eigenvalue weighted by atomic mass is 10.0. The molecule has 1 aromatic carbocycles. The quantitative estimate of drug-likeness (QED) is 0.573. The number of aromatic nitrogens is 3. The van der Waals surface area contributed by atoms with Crippen molar-refractivity contribution in [1.29, 1.82) is 0 Å². The van der Waals surface area contributed by atoms with Gasteiger partial charge in [0.1, 0.15) is 0 Å². The molecule has 1 amide bonds. The zero-order valence-electron chi connectivity index (χ0n) is 20.2. The molecule has 0 unspecified atom stereocenters. The number of carbonyl (C=O) groups excluding carboxylic acids is 1. The molecule has 2 aromatic heterocycles. The van der Waals surface area contributed by atoms with Gasteiger partial charge in [-0.15, -0.1) is 0 Å². The van der Waals surface area contributed by atoms with Gasteiger partial charge in [0.05, 0.1) is 28.7 Å². The van der Waals surface area contributed by atoms with E-state index in [1.807, 2.05) is 28.6 Å². The highest BCUT2D eigenvalue weighted by Crippen LogP contribution is 2.30. The van der Waals surface area contributed by atoms with E-state index in [1.165, 1.54) is 0 Å². The molecule has 3 aromatic rings. The molecule has 0 saturated carbocycles. The Labute approximate surface area is 206 Å². The second-order valence-electron chi connectivity index (χ2n) is 9.71. The number of carbonyl (C=O) groups is 1. The number of aromatic amines is 1. The third-order valence-electron chi connectivity index (χ3n) is 7.27. The molecule has 0 bridgehead atoms. The highest BCUT2D eigenvalue weighted by atomic mass is 19.4. The molecular formula is C25H30F3N5O3. The second-order valence-corrected chi connectivity index (χ2v) is 9.71. The summed E-state index contributed by atoms with van der Waals surface area (Å²) < 4.78 is 44.7. The second kappa shape index (κ2) is 9.85. The van der Waals surface area contributed by atoms with Crippen molar-refractivity contribution in [2.24, 2.45) is 0 Å². The van der Waals surface area contributed by atoms with Gasteiger partial charge < -0.3 is 14.6 Å². The molecule has 2 aliphatic heterocycles. The number of hydrogen-bond acceptors (Lipinski definition) is 5. The molecule has 11 heteroatoms. The van der Waals surface area contributed by atoms with Crippen LogP contribution in [-0.2, 0) is 4.74 Å². The van der Waals surface area contributed by atoms with Gasteiger partial charge in [0, 0.05) is 56.8 Å². The first-order valence-electron chi connectivity index (χ1n) is 12.4. The van der Waals surface area contributed by atoms with Crippen molar-refractivity contribution >= 4 is 27.7 Å². The SMILES string of the molecule is Cc1cc2[nH]c(=O)c3cnn(C4CCOCC4)c3c2cc1C(=O)N1CCN(CCCC(F)(F)F)CC1. The average Bonchev–Trinajstić information content (AvgIpc) is 3.30. The number of hydrogen-bond donors (Lipinski definition) is 1. The number of H-pyrrole nitrogens is 1. The van der Waals surface area contributed by atoms with Crippen LogP contribution in [0.1, 0.15) is 47.6 Å². The minimum Gasteiger partial charge on any atom is -0.381 e. The standard InChI is InChI=1S/C25H30F3N5O3/c1-16-13-21-19(22-20(23(34)30-21)15-29-33(22)17-3-11-36-12-4-17)14-18(16)24(35)32-9-7-31(8-10-32)6-2-5-25(26,27)28/h13-15,17H,2-12H2,1H3,(H,30,34). The molecule has 0 aliphatic carbocycles. The Morgan fingerprint density at radius 3 is 2.56 bits per heavy atom. The summed E-state index contributed by atoms with van der Waals surface area (Å²) in [4.78, 5) is 32.9. The Hall–Kier alpha value is -2.92. The molecule has 8 nitrogen and oxygen atoms in total. The van der Waals surface area contributed by atoms with E-state index in [1.54, 1.807) is 11.1 Å². The van der Waals surface area contributed by atoms with E-state index in [-0.39, 0.29) is 23.9 Å². The van der Waals surface area contributed by atoms with Crippen molar-refractivity contribution in [3.8, 4) is 0 Å². The summed E-state index contributed by atoms with van der Waals surface area (Å²) in [5.74, 6) is -0.110. The third-order valence-corrected chi connectivity index (χ3v) is 7.27. The molecule has 4 heterocycles. The monoisotopic (exact) mass is 505 g/mol. The lowest BCUT2D eigenvalue weighted by molar-refractivity contribution is -0.136. The third kappa shape index (κ3) is 4.99. The van der Waals surface area contributed by atoms with E-state index in [2.05, 4.69) is 10.1 Å². The zero-order chi connectivity index (χ0) is 25.4. The fourth-order valence-electron chi connectivity index (χ4n) is 5.28. The number of rotatable bonds is 5. The van der Waals surface area contributed by atoms with Crippen molar-refractivity contribution in [2.75, 3.05) is 45.9 Å². The van der Waals surface area contributed by atoms with Crippen LogP contribution in [0, 0.1) is 6.92 Å². The molecule has 36 heavy (non-hydrogen) atoms. The first kappa shape index (κ1) is 24.8. The van der Waals surface area contributed by atoms with E-state index in [9.17, 15) is 22.8 Å². The number of pyridine rings is 1. The first-order valence-corrected chi connectivity index (χ1v) is 12.4. The predicted molar refractivity (Wildman–Crippen MR) is 129 cm³/mol. The Morgan fingerprint density at radius 1 is 1.14 bits per heavy atom. The Kier molecular flexibility index (Phi) is 6.78. The van der Waals surface area contributed by atoms with Crippen LogP contribution in [-0.4, -0.2) is 82.6 Å². The van der Waals surface area contributed by atoms with Crippen molar-refractivity contribution in [3.05, 3.63) is 39.8 Å². The zero-order valence-corrected chi connectivity index (χ0v) is 20.2. The first-order chi connectivity index (χ1) is 17.2. The van der Waals surface area contributed by atoms with Gasteiger partial charge in [0.25, 0.3) is 11.5 Å². The molecule has 0 atom stereocenters. The number of halogens is 3. The molecule has 194 valence electrons. The minimum absolute atomic E-state index is 0.0657. The van der Waals surface area contributed by atoms with Crippen molar-refractivity contribution < 1.29 is 22.7 Å². The van der Waals surface area contributed by atoms with Crippen molar-refractivity contribution in [1.82, 2.24) is 24.6 Å². The van der Waals surface area contributed by atoms with Gasteiger partial charge in [-0.3, -0.25) is 19.2 Å². The maximum atomic E-state index is 13.5. The summed E-state index contributed by atoms with van der Waals surface area (Å²) >= 11 is 0. The number of alkyl halides is 3. The van der Waals surface area contributed by atoms with Gasteiger partial charge in [-0.25, -0.2) is 0 Å². The molecule has 1 N–H and O–H groups in total. The molecule has 2 saturated heterocycles. The number of piperazine rings is 1. The molecular weight excluding hydrogens is 475 g/mol. The molecule has 5 rings (SSSR count). The molecule has 0 radical (unpaired) electrons. The fourth-order valence-corrected chi connectivity index (χ4v) is 5.28. The van der Waals surface area contributed by atoms with E-state index in [0.29, 0.717) is 62.4 Å². The summed E-state index contributed by atoms with van der Waals surface area (Å²) in [6.07, 6.45) is -1.67. The normalized spacial score (nSPS) is 18.4. The van der Waals surface area contributed by atoms with E-state index in [0.717, 1.165) is 29.3 Å². The van der Waals surface area contributed by atoms with E-state index < -0.39 is 12.6 Å². The van der Waals surface area contributed by atoms with Crippen LogP contribution in [0.15, 0.2) is 23.1 Å². The summed E-state index contributed by atoms with van der Waals surface area (Å²) in [7, 11) is 0. The van der Waals surface area contributed by atoms with Crippen LogP contribution >= 0.6 is 0 Å². The summed E-state index contributed by atoms with van der Waals surface area (Å²) in [6, 6.07) is 3.79. The molecule has 0 spiro atoms. The maximum absolute atomic E-state index is 13.5. The van der Waals surface area contributed by atoms with E-state index >= 15 is 0 Å². The van der Waals surface area contributed by atoms with Crippen LogP contribution < -0.4 is 5.56 Å². The number of aryl methyl sites for hydroxylation is 1. The Bertz CT molecular complexity index is 1320. The van der Waals surface area contributed by atoms with Gasteiger partial charge in [-0.2, -0.15) is 18.3 Å². The van der Waals surface area contributed by atoms with Gasteiger partial charge >= 0.3 is 6.18 Å². The largest absolute Gasteiger partial charge is 0.389 e. The lowest BCUT2D eigenvalue weighted by Gasteiger charge is -2.35. The summed E-state index contributed by atoms with van der Waals surface area (Å²) in [6.45, 7) is 5.51. The van der Waals surface area contributed by atoms with Gasteiger partial charge in [-0.05, 0) is 50.4 Å². The van der Waals surface area contributed by atoms with Crippen LogP contribution in [0.3, 0.4) is 0 Å². The number of benzene rings is 1. The topological polar surface area (TPSA) is 83.5 Å². The van der Waals surface area contributed by atoms with Crippen LogP contribution in [0.5, 0.6) is 0 Å².